The Balaban J connectivity index is 1.73. The van der Waals surface area contributed by atoms with Crippen molar-refractivity contribution in [2.75, 3.05) is 29.1 Å². The Kier molecular flexibility index (Phi) is 7.04. The zero-order chi connectivity index (χ0) is 27.9. The molecule has 4 rings (SSSR count). The van der Waals surface area contributed by atoms with Crippen LogP contribution in [0.2, 0.25) is 5.02 Å². The number of rotatable bonds is 6. The van der Waals surface area contributed by atoms with E-state index in [4.69, 9.17) is 27.5 Å². The average Bonchev–Trinajstić information content (AvgIpc) is 3.41. The number of hydrogen-bond acceptors (Lipinski definition) is 8. The number of hydrogen-bond donors (Lipinski definition) is 2. The Bertz CT molecular complexity index is 1590. The van der Waals surface area contributed by atoms with Crippen LogP contribution in [-0.2, 0) is 11.0 Å². The van der Waals surface area contributed by atoms with Gasteiger partial charge in [-0.2, -0.15) is 17.5 Å². The van der Waals surface area contributed by atoms with E-state index in [1.54, 1.807) is 13.0 Å². The van der Waals surface area contributed by atoms with Gasteiger partial charge in [0.25, 0.3) is 11.8 Å². The highest BCUT2D eigenvalue weighted by atomic mass is 35.5. The van der Waals surface area contributed by atoms with Crippen molar-refractivity contribution in [3.63, 3.8) is 0 Å². The molecule has 15 heteroatoms. The van der Waals surface area contributed by atoms with Crippen molar-refractivity contribution < 1.29 is 32.0 Å². The van der Waals surface area contributed by atoms with Crippen LogP contribution < -0.4 is 21.3 Å². The number of carbonyl (C=O) groups excluding carboxylic acids is 3. The van der Waals surface area contributed by atoms with Crippen LogP contribution in [0.3, 0.4) is 0 Å². The first kappa shape index (κ1) is 26.9. The van der Waals surface area contributed by atoms with E-state index in [1.807, 2.05) is 0 Å². The average molecular weight is 567 g/mol. The maximum absolute atomic E-state index is 13.6. The van der Waals surface area contributed by atoms with E-state index in [2.05, 4.69) is 9.36 Å². The summed E-state index contributed by atoms with van der Waals surface area (Å²) >= 11 is 6.48. The number of primary amides is 1. The van der Waals surface area contributed by atoms with Crippen molar-refractivity contribution in [1.82, 2.24) is 9.36 Å². The summed E-state index contributed by atoms with van der Waals surface area (Å²) in [5.74, 6) is -2.14. The molecule has 2 aromatic heterocycles. The van der Waals surface area contributed by atoms with Gasteiger partial charge in [0, 0.05) is 36.4 Å². The minimum atomic E-state index is -4.70. The van der Waals surface area contributed by atoms with E-state index in [0.717, 1.165) is 21.9 Å². The smallest absolute Gasteiger partial charge is 0.416 e. The number of aryl methyl sites for hydroxylation is 1. The molecule has 2 heterocycles. The quantitative estimate of drug-likeness (QED) is 0.354. The molecule has 0 bridgehead atoms. The molecule has 0 saturated carbocycles. The van der Waals surface area contributed by atoms with Gasteiger partial charge in [-0.25, -0.2) is 4.98 Å². The van der Waals surface area contributed by atoms with Crippen LogP contribution in [0.5, 0.6) is 0 Å². The standard InChI is InChI=1S/C23H18ClF3N6O4S/c1-10-30-15-4-3-13(8-16(15)37-10)33(22(36)20-18(28)19(21(29)35)31-38-20)9-17(34)32(2)14-6-11(23(25,26)27)5-12(24)7-14/h3-8H,9,28H2,1-2H3,(H2,29,35). The van der Waals surface area contributed by atoms with Crippen LogP contribution >= 0.6 is 23.1 Å². The fourth-order valence-corrected chi connectivity index (χ4v) is 4.53. The molecule has 0 radical (unpaired) electrons. The van der Waals surface area contributed by atoms with Crippen LogP contribution in [0, 0.1) is 6.92 Å². The topological polar surface area (TPSA) is 149 Å². The predicted molar refractivity (Wildman–Crippen MR) is 135 cm³/mol. The molecular formula is C23H18ClF3N6O4S. The van der Waals surface area contributed by atoms with Gasteiger partial charge in [0.2, 0.25) is 5.91 Å². The highest BCUT2D eigenvalue weighted by Gasteiger charge is 2.33. The van der Waals surface area contributed by atoms with E-state index in [9.17, 15) is 27.6 Å². The summed E-state index contributed by atoms with van der Waals surface area (Å²) in [6.07, 6.45) is -4.70. The minimum Gasteiger partial charge on any atom is -0.441 e. The summed E-state index contributed by atoms with van der Waals surface area (Å²) < 4.78 is 49.2. The number of nitrogens with two attached hydrogens (primary N) is 2. The Morgan fingerprint density at radius 1 is 1.13 bits per heavy atom. The van der Waals surface area contributed by atoms with Gasteiger partial charge >= 0.3 is 6.18 Å². The Morgan fingerprint density at radius 2 is 1.84 bits per heavy atom. The molecule has 0 fully saturated rings. The van der Waals surface area contributed by atoms with Crippen molar-refractivity contribution in [2.45, 2.75) is 13.1 Å². The number of anilines is 3. The highest BCUT2D eigenvalue weighted by molar-refractivity contribution is 7.09. The number of amides is 3. The summed E-state index contributed by atoms with van der Waals surface area (Å²) in [7, 11) is 1.24. The van der Waals surface area contributed by atoms with E-state index in [-0.39, 0.29) is 32.7 Å². The number of benzene rings is 2. The number of halogens is 4. The minimum absolute atomic E-state index is 0.142. The summed E-state index contributed by atoms with van der Waals surface area (Å²) in [6, 6.07) is 7.21. The SMILES string of the molecule is Cc1nc2ccc(N(CC(=O)N(C)c3cc(Cl)cc(C(F)(F)F)c3)C(=O)c3snc(C(N)=O)c3N)cc2o1. The van der Waals surface area contributed by atoms with Gasteiger partial charge in [0.1, 0.15) is 16.9 Å². The normalized spacial score (nSPS) is 11.5. The zero-order valence-electron chi connectivity index (χ0n) is 19.7. The third-order valence-corrected chi connectivity index (χ3v) is 6.53. The van der Waals surface area contributed by atoms with E-state index >= 15 is 0 Å². The summed E-state index contributed by atoms with van der Waals surface area (Å²) in [5, 5.41) is -0.232. The van der Waals surface area contributed by atoms with Gasteiger partial charge in [-0.3, -0.25) is 19.3 Å². The van der Waals surface area contributed by atoms with Crippen LogP contribution in [0.4, 0.5) is 30.2 Å². The Labute approximate surface area is 221 Å². The number of aromatic nitrogens is 2. The maximum Gasteiger partial charge on any atom is 0.416 e. The number of nitrogens with zero attached hydrogens (tertiary/aromatic N) is 4. The number of fused-ring (bicyclic) bond motifs is 1. The number of alkyl halides is 3. The van der Waals surface area contributed by atoms with Crippen molar-refractivity contribution in [3.05, 3.63) is 63.4 Å². The van der Waals surface area contributed by atoms with Crippen molar-refractivity contribution in [3.8, 4) is 0 Å². The first-order valence-electron chi connectivity index (χ1n) is 10.6. The Hall–Kier alpha value is -4.17. The first-order valence-corrected chi connectivity index (χ1v) is 11.8. The Morgan fingerprint density at radius 3 is 2.47 bits per heavy atom. The largest absolute Gasteiger partial charge is 0.441 e. The van der Waals surface area contributed by atoms with Gasteiger partial charge in [-0.1, -0.05) is 11.6 Å². The third kappa shape index (κ3) is 5.26. The molecule has 2 aromatic carbocycles. The maximum atomic E-state index is 13.6. The van der Waals surface area contributed by atoms with Gasteiger partial charge in [-0.05, 0) is 41.9 Å². The van der Waals surface area contributed by atoms with Gasteiger partial charge in [-0.15, -0.1) is 0 Å². The summed E-state index contributed by atoms with van der Waals surface area (Å²) in [4.78, 5) is 44.4. The van der Waals surface area contributed by atoms with Gasteiger partial charge < -0.3 is 20.8 Å². The van der Waals surface area contributed by atoms with E-state index in [0.29, 0.717) is 28.5 Å². The zero-order valence-corrected chi connectivity index (χ0v) is 21.2. The lowest BCUT2D eigenvalue weighted by atomic mass is 10.1. The number of nitrogen functional groups attached to an aromatic ring is 1. The first-order chi connectivity index (χ1) is 17.8. The number of likely N-dealkylation sites (N-methyl/N-ethyl adjacent to an activating group) is 1. The van der Waals surface area contributed by atoms with E-state index < -0.39 is 36.0 Å². The lowest BCUT2D eigenvalue weighted by molar-refractivity contribution is -0.137. The van der Waals surface area contributed by atoms with Crippen LogP contribution in [-0.4, -0.2) is 40.7 Å². The molecule has 4 N–H and O–H groups in total. The third-order valence-electron chi connectivity index (χ3n) is 5.46. The molecule has 0 atom stereocenters. The van der Waals surface area contributed by atoms with E-state index in [1.165, 1.54) is 25.2 Å². The van der Waals surface area contributed by atoms with Crippen molar-refractivity contribution in [1.29, 1.82) is 0 Å². The van der Waals surface area contributed by atoms with Crippen molar-refractivity contribution >= 4 is 69.0 Å². The second-order valence-electron chi connectivity index (χ2n) is 8.06. The molecule has 38 heavy (non-hydrogen) atoms. The summed E-state index contributed by atoms with van der Waals surface area (Å²) in [6.45, 7) is 0.996. The van der Waals surface area contributed by atoms with Crippen LogP contribution in [0.15, 0.2) is 40.8 Å². The monoisotopic (exact) mass is 566 g/mol. The van der Waals surface area contributed by atoms with Gasteiger partial charge in [0.05, 0.1) is 11.3 Å². The van der Waals surface area contributed by atoms with Gasteiger partial charge in [0.15, 0.2) is 17.2 Å². The molecule has 0 saturated heterocycles. The summed E-state index contributed by atoms with van der Waals surface area (Å²) in [5.41, 5.74) is 10.4. The molecular weight excluding hydrogens is 549 g/mol. The fraction of sp³-hybridized carbons (Fsp3) is 0.174. The number of carbonyl (C=O) groups is 3. The second kappa shape index (κ2) is 9.95. The molecule has 0 aliphatic heterocycles. The highest BCUT2D eigenvalue weighted by Crippen LogP contribution is 2.34. The predicted octanol–water partition coefficient (Wildman–Crippen LogP) is 4.26. The molecule has 3 amide bonds. The lowest BCUT2D eigenvalue weighted by Gasteiger charge is -2.26. The van der Waals surface area contributed by atoms with Crippen molar-refractivity contribution in [2.24, 2.45) is 5.73 Å². The molecule has 0 aliphatic rings. The molecule has 198 valence electrons. The lowest BCUT2D eigenvalue weighted by Crippen LogP contribution is -2.42. The fourth-order valence-electron chi connectivity index (χ4n) is 3.55. The van der Waals surface area contributed by atoms with Crippen LogP contribution in [0.1, 0.15) is 31.6 Å². The second-order valence-corrected chi connectivity index (χ2v) is 9.27. The molecule has 4 aromatic rings. The van der Waals surface area contributed by atoms with Crippen LogP contribution in [0.25, 0.3) is 11.1 Å². The molecule has 10 nitrogen and oxygen atoms in total. The molecule has 0 spiro atoms. The number of oxazole rings is 1. The molecule has 0 aliphatic carbocycles. The molecule has 0 unspecified atom stereocenters.